The zero-order valence-corrected chi connectivity index (χ0v) is 18.2. The van der Waals surface area contributed by atoms with Crippen LogP contribution in [0.4, 0.5) is 5.69 Å². The molecule has 30 heavy (non-hydrogen) atoms. The van der Waals surface area contributed by atoms with E-state index >= 15 is 0 Å². The van der Waals surface area contributed by atoms with Gasteiger partial charge in [0.15, 0.2) is 0 Å². The molecular formula is C26H27N3O. The average molecular weight is 398 g/mol. The predicted molar refractivity (Wildman–Crippen MR) is 123 cm³/mol. The molecule has 2 aromatic carbocycles. The zero-order valence-electron chi connectivity index (χ0n) is 18.2. The van der Waals surface area contributed by atoms with Gasteiger partial charge in [-0.2, -0.15) is 0 Å². The molecule has 0 aliphatic heterocycles. The van der Waals surface area contributed by atoms with E-state index in [9.17, 15) is 4.79 Å². The first-order chi connectivity index (χ1) is 14.3. The summed E-state index contributed by atoms with van der Waals surface area (Å²) in [7, 11) is 0. The highest BCUT2D eigenvalue weighted by molar-refractivity contribution is 5.94. The number of imidazole rings is 1. The normalized spacial score (nSPS) is 11.1. The Morgan fingerprint density at radius 3 is 2.33 bits per heavy atom. The second-order valence-corrected chi connectivity index (χ2v) is 8.13. The van der Waals surface area contributed by atoms with Gasteiger partial charge in [-0.1, -0.05) is 30.3 Å². The number of nitrogens with zero attached hydrogens (tertiary/aromatic N) is 2. The number of benzene rings is 2. The van der Waals surface area contributed by atoms with Gasteiger partial charge in [-0.25, -0.2) is 4.98 Å². The fourth-order valence-corrected chi connectivity index (χ4v) is 3.83. The first kappa shape index (κ1) is 19.9. The number of hydrogen-bond donors (Lipinski definition) is 1. The van der Waals surface area contributed by atoms with Crippen LogP contribution in [0.5, 0.6) is 0 Å². The van der Waals surface area contributed by atoms with Crippen molar-refractivity contribution >= 4 is 17.2 Å². The van der Waals surface area contributed by atoms with Crippen LogP contribution in [0.2, 0.25) is 0 Å². The Kier molecular flexibility index (Phi) is 5.17. The van der Waals surface area contributed by atoms with E-state index < -0.39 is 0 Å². The number of anilines is 1. The molecule has 4 heteroatoms. The Morgan fingerprint density at radius 2 is 1.63 bits per heavy atom. The van der Waals surface area contributed by atoms with Crippen LogP contribution in [0.1, 0.15) is 33.5 Å². The zero-order chi connectivity index (χ0) is 21.4. The van der Waals surface area contributed by atoms with E-state index in [-0.39, 0.29) is 12.3 Å². The van der Waals surface area contributed by atoms with Gasteiger partial charge in [-0.15, -0.1) is 0 Å². The fourth-order valence-electron chi connectivity index (χ4n) is 3.83. The van der Waals surface area contributed by atoms with E-state index in [1.807, 2.05) is 48.7 Å². The van der Waals surface area contributed by atoms with E-state index in [1.165, 1.54) is 11.1 Å². The molecule has 0 bridgehead atoms. The quantitative estimate of drug-likeness (QED) is 0.478. The van der Waals surface area contributed by atoms with Gasteiger partial charge in [0.25, 0.3) is 0 Å². The number of aromatic nitrogens is 2. The van der Waals surface area contributed by atoms with Gasteiger partial charge < -0.3 is 9.72 Å². The van der Waals surface area contributed by atoms with Crippen molar-refractivity contribution in [2.45, 2.75) is 41.0 Å². The molecule has 0 radical (unpaired) electrons. The monoisotopic (exact) mass is 397 g/mol. The Morgan fingerprint density at radius 1 is 0.900 bits per heavy atom. The van der Waals surface area contributed by atoms with Crippen LogP contribution in [0, 0.1) is 34.6 Å². The van der Waals surface area contributed by atoms with Crippen LogP contribution in [0.3, 0.4) is 0 Å². The number of nitrogens with one attached hydrogen (secondary N) is 1. The molecule has 0 unspecified atom stereocenters. The van der Waals surface area contributed by atoms with E-state index in [1.54, 1.807) is 0 Å². The van der Waals surface area contributed by atoms with Gasteiger partial charge in [0, 0.05) is 17.4 Å². The summed E-state index contributed by atoms with van der Waals surface area (Å²) in [5.41, 5.74) is 10.3. The number of rotatable bonds is 4. The van der Waals surface area contributed by atoms with Gasteiger partial charge in [0.05, 0.1) is 17.8 Å². The largest absolute Gasteiger partial charge is 0.325 e. The van der Waals surface area contributed by atoms with Crippen molar-refractivity contribution in [1.82, 2.24) is 9.38 Å². The highest BCUT2D eigenvalue weighted by Crippen LogP contribution is 2.28. The van der Waals surface area contributed by atoms with Gasteiger partial charge in [-0.05, 0) is 80.6 Å². The second kappa shape index (κ2) is 7.79. The highest BCUT2D eigenvalue weighted by atomic mass is 16.1. The standard InChI is InChI=1S/C26H27N3O/c1-16-11-12-29-22(15-24(30)28-25-18(3)7-6-8-19(25)4)26(27-23(29)13-16)21-10-9-17(2)20(5)14-21/h6-14H,15H2,1-5H3,(H,28,30). The first-order valence-electron chi connectivity index (χ1n) is 10.2. The smallest absolute Gasteiger partial charge is 0.230 e. The molecule has 0 spiro atoms. The maximum absolute atomic E-state index is 13.0. The topological polar surface area (TPSA) is 46.4 Å². The van der Waals surface area contributed by atoms with Gasteiger partial charge in [-0.3, -0.25) is 4.79 Å². The van der Waals surface area contributed by atoms with Crippen molar-refractivity contribution in [1.29, 1.82) is 0 Å². The first-order valence-corrected chi connectivity index (χ1v) is 10.2. The molecule has 2 heterocycles. The van der Waals surface area contributed by atoms with Gasteiger partial charge in [0.1, 0.15) is 5.65 Å². The van der Waals surface area contributed by atoms with Crippen molar-refractivity contribution in [2.24, 2.45) is 0 Å². The van der Waals surface area contributed by atoms with Crippen LogP contribution < -0.4 is 5.32 Å². The number of pyridine rings is 1. The molecule has 2 aromatic heterocycles. The maximum atomic E-state index is 13.0. The lowest BCUT2D eigenvalue weighted by Crippen LogP contribution is -2.17. The number of carbonyl (C=O) groups is 1. The molecule has 1 amide bonds. The Bertz CT molecular complexity index is 1250. The second-order valence-electron chi connectivity index (χ2n) is 8.13. The van der Waals surface area contributed by atoms with Crippen molar-refractivity contribution in [2.75, 3.05) is 5.32 Å². The lowest BCUT2D eigenvalue weighted by Gasteiger charge is -2.12. The molecule has 152 valence electrons. The number of carbonyl (C=O) groups excluding carboxylic acids is 1. The molecular weight excluding hydrogens is 370 g/mol. The highest BCUT2D eigenvalue weighted by Gasteiger charge is 2.18. The van der Waals surface area contributed by atoms with Gasteiger partial charge >= 0.3 is 0 Å². The van der Waals surface area contributed by atoms with Crippen molar-refractivity contribution in [3.05, 3.63) is 88.2 Å². The third kappa shape index (κ3) is 3.73. The van der Waals surface area contributed by atoms with Crippen molar-refractivity contribution in [3.63, 3.8) is 0 Å². The van der Waals surface area contributed by atoms with Crippen molar-refractivity contribution in [3.8, 4) is 11.3 Å². The Hall–Kier alpha value is -3.40. The molecule has 1 N–H and O–H groups in total. The van der Waals surface area contributed by atoms with Crippen LogP contribution in [0.25, 0.3) is 16.9 Å². The lowest BCUT2D eigenvalue weighted by molar-refractivity contribution is -0.115. The minimum absolute atomic E-state index is 0.0418. The van der Waals surface area contributed by atoms with E-state index in [4.69, 9.17) is 4.98 Å². The molecule has 0 saturated heterocycles. The van der Waals surface area contributed by atoms with Crippen LogP contribution in [-0.2, 0) is 11.2 Å². The van der Waals surface area contributed by atoms with Crippen LogP contribution >= 0.6 is 0 Å². The van der Waals surface area contributed by atoms with E-state index in [0.717, 1.165) is 45.0 Å². The lowest BCUT2D eigenvalue weighted by atomic mass is 10.0. The molecule has 4 aromatic rings. The number of aryl methyl sites for hydroxylation is 5. The third-order valence-corrected chi connectivity index (χ3v) is 5.73. The number of hydrogen-bond acceptors (Lipinski definition) is 2. The van der Waals surface area contributed by atoms with E-state index in [0.29, 0.717) is 0 Å². The van der Waals surface area contributed by atoms with Crippen molar-refractivity contribution < 1.29 is 4.79 Å². The number of fused-ring (bicyclic) bond motifs is 1. The molecule has 0 saturated carbocycles. The summed E-state index contributed by atoms with van der Waals surface area (Å²) in [6, 6.07) is 16.5. The third-order valence-electron chi connectivity index (χ3n) is 5.73. The summed E-state index contributed by atoms with van der Waals surface area (Å²) < 4.78 is 2.03. The molecule has 0 aliphatic carbocycles. The maximum Gasteiger partial charge on any atom is 0.230 e. The summed E-state index contributed by atoms with van der Waals surface area (Å²) in [6.45, 7) is 10.3. The summed E-state index contributed by atoms with van der Waals surface area (Å²) in [4.78, 5) is 17.9. The van der Waals surface area contributed by atoms with Gasteiger partial charge in [0.2, 0.25) is 5.91 Å². The predicted octanol–water partition coefficient (Wildman–Crippen LogP) is 5.72. The summed E-state index contributed by atoms with van der Waals surface area (Å²) >= 11 is 0. The average Bonchev–Trinajstić information content (AvgIpc) is 3.04. The number of amides is 1. The summed E-state index contributed by atoms with van der Waals surface area (Å²) in [5, 5.41) is 3.11. The summed E-state index contributed by atoms with van der Waals surface area (Å²) in [6.07, 6.45) is 2.25. The molecule has 4 rings (SSSR count). The molecule has 0 atom stereocenters. The minimum atomic E-state index is -0.0418. The molecule has 0 aliphatic rings. The number of para-hydroxylation sites is 1. The summed E-state index contributed by atoms with van der Waals surface area (Å²) in [5.74, 6) is -0.0418. The van der Waals surface area contributed by atoms with E-state index in [2.05, 4.69) is 50.4 Å². The fraction of sp³-hybridized carbons (Fsp3) is 0.231. The Balaban J connectivity index is 1.77. The van der Waals surface area contributed by atoms with Crippen LogP contribution in [0.15, 0.2) is 54.7 Å². The van der Waals surface area contributed by atoms with Crippen LogP contribution in [-0.4, -0.2) is 15.3 Å². The minimum Gasteiger partial charge on any atom is -0.325 e. The molecule has 4 nitrogen and oxygen atoms in total. The Labute approximate surface area is 177 Å². The SMILES string of the molecule is Cc1ccn2c(CC(=O)Nc3c(C)cccc3C)c(-c3ccc(C)c(C)c3)nc2c1. The molecule has 0 fully saturated rings.